The molecule has 184 valence electrons. The van der Waals surface area contributed by atoms with Crippen molar-refractivity contribution in [3.8, 4) is 0 Å². The first-order valence-corrected chi connectivity index (χ1v) is 11.6. The zero-order chi connectivity index (χ0) is 24.5. The summed E-state index contributed by atoms with van der Waals surface area (Å²) in [5, 5.41) is 12.4. The summed E-state index contributed by atoms with van der Waals surface area (Å²) in [5.41, 5.74) is -1.30. The number of hydrogen-bond donors (Lipinski definition) is 0. The van der Waals surface area contributed by atoms with E-state index in [2.05, 4.69) is 6.58 Å². The summed E-state index contributed by atoms with van der Waals surface area (Å²) in [6.45, 7) is 11.9. The third-order valence-corrected chi connectivity index (χ3v) is 5.62. The van der Waals surface area contributed by atoms with Crippen LogP contribution in [-0.2, 0) is 14.2 Å². The normalized spacial score (nSPS) is 19.2. The van der Waals surface area contributed by atoms with E-state index in [1.54, 1.807) is 33.8 Å². The average Bonchev–Trinajstić information content (AvgIpc) is 2.76. The second kappa shape index (κ2) is 12.1. The molecule has 8 nitrogen and oxygen atoms in total. The monoisotopic (exact) mass is 462 g/mol. The number of ether oxygens (including phenoxy) is 3. The van der Waals surface area contributed by atoms with Crippen molar-refractivity contribution >= 4 is 6.09 Å². The number of carbonyl (C=O) groups excluding carboxylic acids is 1. The Bertz CT molecular complexity index is 773. The Morgan fingerprint density at radius 2 is 2.00 bits per heavy atom. The van der Waals surface area contributed by atoms with Gasteiger partial charge < -0.3 is 19.1 Å². The van der Waals surface area contributed by atoms with Gasteiger partial charge in [0.1, 0.15) is 5.60 Å². The summed E-state index contributed by atoms with van der Waals surface area (Å²) < 4.78 is 17.4. The maximum absolute atomic E-state index is 12.5. The SMILES string of the molecule is C=CCN(CCCC(C)(C(OC1CCCCO1)c1ccccc1)[N+](=O)[O-])C(=O)OC(C)(C)C. The molecule has 1 aliphatic rings. The number of carbonyl (C=O) groups is 1. The summed E-state index contributed by atoms with van der Waals surface area (Å²) in [4.78, 5) is 26.2. The first-order chi connectivity index (χ1) is 15.6. The molecule has 1 aromatic carbocycles. The number of nitro groups is 1. The van der Waals surface area contributed by atoms with E-state index in [-0.39, 0.29) is 11.3 Å². The van der Waals surface area contributed by atoms with Gasteiger partial charge in [-0.3, -0.25) is 10.1 Å². The van der Waals surface area contributed by atoms with Gasteiger partial charge in [-0.05, 0) is 52.0 Å². The van der Waals surface area contributed by atoms with Crippen molar-refractivity contribution in [1.29, 1.82) is 0 Å². The minimum absolute atomic E-state index is 0.211. The van der Waals surface area contributed by atoms with Crippen LogP contribution in [0, 0.1) is 10.1 Å². The lowest BCUT2D eigenvalue weighted by Crippen LogP contribution is -2.45. The molecule has 1 fully saturated rings. The summed E-state index contributed by atoms with van der Waals surface area (Å²) in [6.07, 6.45) is 3.16. The van der Waals surface area contributed by atoms with Gasteiger partial charge in [-0.25, -0.2) is 4.79 Å². The Kier molecular flexibility index (Phi) is 9.86. The van der Waals surface area contributed by atoms with Crippen LogP contribution in [-0.4, -0.2) is 53.0 Å². The Morgan fingerprint density at radius 1 is 1.30 bits per heavy atom. The maximum atomic E-state index is 12.5. The molecule has 0 saturated carbocycles. The van der Waals surface area contributed by atoms with Gasteiger partial charge in [-0.2, -0.15) is 0 Å². The molecule has 1 heterocycles. The second-order valence-corrected chi connectivity index (χ2v) is 9.66. The smallest absolute Gasteiger partial charge is 0.410 e. The Balaban J connectivity index is 2.18. The predicted molar refractivity (Wildman–Crippen MR) is 126 cm³/mol. The molecule has 1 amide bonds. The summed E-state index contributed by atoms with van der Waals surface area (Å²) in [7, 11) is 0. The van der Waals surface area contributed by atoms with Gasteiger partial charge in [0.25, 0.3) is 0 Å². The molecule has 3 unspecified atom stereocenters. The van der Waals surface area contributed by atoms with E-state index in [4.69, 9.17) is 14.2 Å². The molecule has 0 aliphatic carbocycles. The van der Waals surface area contributed by atoms with Crippen molar-refractivity contribution in [2.75, 3.05) is 19.7 Å². The third-order valence-electron chi connectivity index (χ3n) is 5.62. The lowest BCUT2D eigenvalue weighted by Gasteiger charge is -2.35. The Hall–Kier alpha value is -2.45. The minimum Gasteiger partial charge on any atom is -0.444 e. The van der Waals surface area contributed by atoms with Gasteiger partial charge in [0, 0.05) is 38.0 Å². The van der Waals surface area contributed by atoms with Crippen LogP contribution in [0.4, 0.5) is 4.79 Å². The fourth-order valence-corrected chi connectivity index (χ4v) is 3.87. The average molecular weight is 463 g/mol. The number of benzene rings is 1. The van der Waals surface area contributed by atoms with Crippen molar-refractivity contribution in [2.45, 2.75) is 83.3 Å². The molecule has 0 spiro atoms. The molecule has 2 rings (SSSR count). The van der Waals surface area contributed by atoms with E-state index < -0.39 is 29.6 Å². The van der Waals surface area contributed by atoms with Crippen LogP contribution in [0.1, 0.15) is 71.5 Å². The molecular weight excluding hydrogens is 424 g/mol. The van der Waals surface area contributed by atoms with Crippen LogP contribution in [0.15, 0.2) is 43.0 Å². The summed E-state index contributed by atoms with van der Waals surface area (Å²) >= 11 is 0. The molecule has 0 aromatic heterocycles. The zero-order valence-electron chi connectivity index (χ0n) is 20.3. The van der Waals surface area contributed by atoms with Crippen LogP contribution in [0.3, 0.4) is 0 Å². The number of amides is 1. The number of hydrogen-bond acceptors (Lipinski definition) is 6. The first-order valence-electron chi connectivity index (χ1n) is 11.6. The zero-order valence-corrected chi connectivity index (χ0v) is 20.3. The Morgan fingerprint density at radius 3 is 2.55 bits per heavy atom. The minimum atomic E-state index is -1.41. The summed E-state index contributed by atoms with van der Waals surface area (Å²) in [5.74, 6) is 0. The van der Waals surface area contributed by atoms with E-state index in [1.165, 1.54) is 4.90 Å². The van der Waals surface area contributed by atoms with Crippen molar-refractivity contribution in [3.05, 3.63) is 58.7 Å². The lowest BCUT2D eigenvalue weighted by atomic mass is 9.85. The topological polar surface area (TPSA) is 91.1 Å². The highest BCUT2D eigenvalue weighted by Crippen LogP contribution is 2.38. The van der Waals surface area contributed by atoms with Gasteiger partial charge >= 0.3 is 6.09 Å². The second-order valence-electron chi connectivity index (χ2n) is 9.66. The van der Waals surface area contributed by atoms with Crippen molar-refractivity contribution < 1.29 is 23.9 Å². The number of nitrogens with zero attached hydrogens (tertiary/aromatic N) is 2. The number of rotatable bonds is 11. The molecule has 1 aromatic rings. The van der Waals surface area contributed by atoms with E-state index in [0.29, 0.717) is 32.5 Å². The van der Waals surface area contributed by atoms with E-state index in [1.807, 2.05) is 30.3 Å². The molecular formula is C25H38N2O6. The molecule has 3 atom stereocenters. The van der Waals surface area contributed by atoms with Gasteiger partial charge in [-0.1, -0.05) is 36.4 Å². The summed E-state index contributed by atoms with van der Waals surface area (Å²) in [6, 6.07) is 9.26. The highest BCUT2D eigenvalue weighted by atomic mass is 16.7. The highest BCUT2D eigenvalue weighted by Gasteiger charge is 2.48. The first kappa shape index (κ1) is 26.8. The molecule has 0 N–H and O–H groups in total. The molecule has 8 heteroatoms. The highest BCUT2D eigenvalue weighted by molar-refractivity contribution is 5.68. The molecule has 0 radical (unpaired) electrons. The van der Waals surface area contributed by atoms with Gasteiger partial charge in [0.2, 0.25) is 5.54 Å². The van der Waals surface area contributed by atoms with Crippen molar-refractivity contribution in [2.24, 2.45) is 0 Å². The van der Waals surface area contributed by atoms with Crippen LogP contribution in [0.2, 0.25) is 0 Å². The van der Waals surface area contributed by atoms with Crippen LogP contribution >= 0.6 is 0 Å². The van der Waals surface area contributed by atoms with E-state index >= 15 is 0 Å². The van der Waals surface area contributed by atoms with Gasteiger partial charge in [0.15, 0.2) is 12.4 Å². The van der Waals surface area contributed by atoms with Crippen LogP contribution in [0.5, 0.6) is 0 Å². The van der Waals surface area contributed by atoms with Crippen molar-refractivity contribution in [3.63, 3.8) is 0 Å². The Labute approximate surface area is 197 Å². The standard InChI is InChI=1S/C25H38N2O6/c1-6-17-26(23(28)33-24(2,3)4)18-12-16-25(5,27(29)30)22(20-13-8-7-9-14-20)32-21-15-10-11-19-31-21/h6-9,13-14,21-22H,1,10-12,15-19H2,2-5H3. The largest absolute Gasteiger partial charge is 0.444 e. The van der Waals surface area contributed by atoms with Gasteiger partial charge in [-0.15, -0.1) is 6.58 Å². The van der Waals surface area contributed by atoms with Gasteiger partial charge in [0.05, 0.1) is 0 Å². The maximum Gasteiger partial charge on any atom is 0.410 e. The van der Waals surface area contributed by atoms with Crippen LogP contribution in [0.25, 0.3) is 0 Å². The lowest BCUT2D eigenvalue weighted by molar-refractivity contribution is -0.585. The van der Waals surface area contributed by atoms with Crippen molar-refractivity contribution in [1.82, 2.24) is 4.90 Å². The fourth-order valence-electron chi connectivity index (χ4n) is 3.87. The molecule has 33 heavy (non-hydrogen) atoms. The predicted octanol–water partition coefficient (Wildman–Crippen LogP) is 5.51. The molecule has 0 bridgehead atoms. The third kappa shape index (κ3) is 8.12. The van der Waals surface area contributed by atoms with Crippen LogP contribution < -0.4 is 0 Å². The molecule has 1 saturated heterocycles. The van der Waals surface area contributed by atoms with E-state index in [9.17, 15) is 14.9 Å². The van der Waals surface area contributed by atoms with E-state index in [0.717, 1.165) is 18.4 Å². The fraction of sp³-hybridized carbons (Fsp3) is 0.640. The quantitative estimate of drug-likeness (QED) is 0.245. The molecule has 1 aliphatic heterocycles.